The first-order valence-electron chi connectivity index (χ1n) is 5.01. The highest BCUT2D eigenvalue weighted by Gasteiger charge is 2.09. The molecule has 2 aromatic rings. The van der Waals surface area contributed by atoms with Crippen LogP contribution in [0.2, 0.25) is 0 Å². The number of halogens is 2. The molecule has 0 saturated carbocycles. The first-order chi connectivity index (χ1) is 8.09. The van der Waals surface area contributed by atoms with Crippen LogP contribution in [0.5, 0.6) is 0 Å². The Kier molecular flexibility index (Phi) is 3.83. The highest BCUT2D eigenvalue weighted by atomic mass is 79.9. The molecular weight excluding hydrogens is 305 g/mol. The van der Waals surface area contributed by atoms with Crippen molar-refractivity contribution in [1.82, 2.24) is 14.8 Å². The first-order valence-corrected chi connectivity index (χ1v) is 6.79. The summed E-state index contributed by atoms with van der Waals surface area (Å²) in [5, 5.41) is 8.86. The van der Waals surface area contributed by atoms with Crippen LogP contribution in [-0.2, 0) is 12.8 Å². The summed E-state index contributed by atoms with van der Waals surface area (Å²) in [4.78, 5) is 0. The van der Waals surface area contributed by atoms with Crippen LogP contribution in [0.15, 0.2) is 27.8 Å². The molecule has 0 bridgehead atoms. The first kappa shape index (κ1) is 12.6. The smallest absolute Gasteiger partial charge is 0.191 e. The van der Waals surface area contributed by atoms with E-state index < -0.39 is 0 Å². The van der Waals surface area contributed by atoms with Gasteiger partial charge in [0, 0.05) is 12.8 Å². The number of aromatic nitrogens is 3. The van der Waals surface area contributed by atoms with Gasteiger partial charge in [0.25, 0.3) is 0 Å². The number of rotatable bonds is 3. The molecule has 0 amide bonds. The van der Waals surface area contributed by atoms with Crippen LogP contribution in [0.25, 0.3) is 0 Å². The summed E-state index contributed by atoms with van der Waals surface area (Å²) in [6.07, 6.45) is 0. The fraction of sp³-hybridized carbons (Fsp3) is 0.273. The number of benzene rings is 1. The average Bonchev–Trinajstić information content (AvgIpc) is 2.62. The van der Waals surface area contributed by atoms with Crippen molar-refractivity contribution in [3.05, 3.63) is 39.9 Å². The van der Waals surface area contributed by atoms with E-state index in [2.05, 4.69) is 26.1 Å². The molecule has 0 aliphatic heterocycles. The van der Waals surface area contributed by atoms with Gasteiger partial charge in [-0.05, 0) is 34.5 Å². The maximum atomic E-state index is 13.3. The Labute approximate surface area is 112 Å². The van der Waals surface area contributed by atoms with Gasteiger partial charge in [-0.15, -0.1) is 10.2 Å². The highest BCUT2D eigenvalue weighted by Crippen LogP contribution is 2.27. The summed E-state index contributed by atoms with van der Waals surface area (Å²) in [6, 6.07) is 5.03. The Morgan fingerprint density at radius 2 is 2.18 bits per heavy atom. The molecule has 90 valence electrons. The van der Waals surface area contributed by atoms with Crippen LogP contribution in [0.4, 0.5) is 4.39 Å². The monoisotopic (exact) mass is 315 g/mol. The summed E-state index contributed by atoms with van der Waals surface area (Å²) in [5.74, 6) is 1.28. The number of thioether (sulfide) groups is 1. The Bertz CT molecular complexity index is 542. The van der Waals surface area contributed by atoms with Crippen molar-refractivity contribution in [2.24, 2.45) is 7.05 Å². The van der Waals surface area contributed by atoms with E-state index in [4.69, 9.17) is 0 Å². The number of hydrogen-bond donors (Lipinski definition) is 0. The molecule has 0 N–H and O–H groups in total. The van der Waals surface area contributed by atoms with Gasteiger partial charge in [-0.1, -0.05) is 23.9 Å². The normalized spacial score (nSPS) is 10.8. The molecule has 1 heterocycles. The molecule has 2 rings (SSSR count). The van der Waals surface area contributed by atoms with E-state index in [1.165, 1.54) is 17.8 Å². The molecule has 1 aromatic carbocycles. The van der Waals surface area contributed by atoms with Crippen molar-refractivity contribution >= 4 is 27.7 Å². The molecule has 0 spiro atoms. The van der Waals surface area contributed by atoms with Crippen LogP contribution in [0.1, 0.15) is 11.4 Å². The van der Waals surface area contributed by atoms with Crippen LogP contribution >= 0.6 is 27.7 Å². The molecule has 3 nitrogen and oxygen atoms in total. The molecule has 0 aliphatic carbocycles. The maximum absolute atomic E-state index is 13.3. The molecule has 17 heavy (non-hydrogen) atoms. The molecular formula is C11H11BrFN3S. The molecule has 0 saturated heterocycles. The van der Waals surface area contributed by atoms with Crippen LogP contribution in [-0.4, -0.2) is 14.8 Å². The van der Waals surface area contributed by atoms with Gasteiger partial charge < -0.3 is 4.57 Å². The zero-order valence-electron chi connectivity index (χ0n) is 9.44. The average molecular weight is 316 g/mol. The van der Waals surface area contributed by atoms with Gasteiger partial charge in [0.05, 0.1) is 4.47 Å². The van der Waals surface area contributed by atoms with E-state index in [0.717, 1.165) is 16.5 Å². The Balaban J connectivity index is 2.13. The third-order valence-corrected chi connectivity index (χ3v) is 4.40. The fourth-order valence-electron chi connectivity index (χ4n) is 1.32. The summed E-state index contributed by atoms with van der Waals surface area (Å²) < 4.78 is 15.7. The molecule has 0 unspecified atom stereocenters. The Morgan fingerprint density at radius 3 is 2.82 bits per heavy atom. The molecule has 6 heteroatoms. The van der Waals surface area contributed by atoms with Crippen LogP contribution in [0.3, 0.4) is 0 Å². The molecule has 0 radical (unpaired) electrons. The van der Waals surface area contributed by atoms with Crippen molar-refractivity contribution in [3.8, 4) is 0 Å². The van der Waals surface area contributed by atoms with E-state index >= 15 is 0 Å². The predicted octanol–water partition coefficient (Wildman–Crippen LogP) is 3.32. The second-order valence-electron chi connectivity index (χ2n) is 3.59. The molecule has 0 atom stereocenters. The van der Waals surface area contributed by atoms with Crippen molar-refractivity contribution < 1.29 is 4.39 Å². The van der Waals surface area contributed by atoms with E-state index in [1.807, 2.05) is 24.6 Å². The van der Waals surface area contributed by atoms with E-state index in [1.54, 1.807) is 6.07 Å². The number of nitrogens with zero attached hydrogens (tertiary/aromatic N) is 3. The summed E-state index contributed by atoms with van der Waals surface area (Å²) >= 11 is 4.78. The van der Waals surface area contributed by atoms with Crippen molar-refractivity contribution in [2.45, 2.75) is 17.8 Å². The van der Waals surface area contributed by atoms with E-state index in [0.29, 0.717) is 10.2 Å². The Hall–Kier alpha value is -0.880. The largest absolute Gasteiger partial charge is 0.309 e. The summed E-state index contributed by atoms with van der Waals surface area (Å²) in [7, 11) is 1.91. The Morgan fingerprint density at radius 1 is 1.41 bits per heavy atom. The predicted molar refractivity (Wildman–Crippen MR) is 69.4 cm³/mol. The third kappa shape index (κ3) is 2.69. The topological polar surface area (TPSA) is 30.7 Å². The number of hydrogen-bond acceptors (Lipinski definition) is 3. The highest BCUT2D eigenvalue weighted by molar-refractivity contribution is 9.10. The second-order valence-corrected chi connectivity index (χ2v) is 5.33. The lowest BCUT2D eigenvalue weighted by molar-refractivity contribution is 0.619. The zero-order chi connectivity index (χ0) is 12.4. The summed E-state index contributed by atoms with van der Waals surface area (Å²) in [6.45, 7) is 1.90. The minimum Gasteiger partial charge on any atom is -0.309 e. The van der Waals surface area contributed by atoms with Gasteiger partial charge in [-0.3, -0.25) is 0 Å². The van der Waals surface area contributed by atoms with Crippen LogP contribution < -0.4 is 0 Å². The van der Waals surface area contributed by atoms with E-state index in [-0.39, 0.29) is 5.82 Å². The molecule has 0 fully saturated rings. The molecule has 1 aromatic heterocycles. The lowest BCUT2D eigenvalue weighted by Gasteiger charge is -2.04. The van der Waals surface area contributed by atoms with Gasteiger partial charge in [0.15, 0.2) is 5.16 Å². The van der Waals surface area contributed by atoms with Gasteiger partial charge in [-0.2, -0.15) is 0 Å². The lowest BCUT2D eigenvalue weighted by atomic mass is 10.2. The fourth-order valence-corrected chi connectivity index (χ4v) is 2.86. The van der Waals surface area contributed by atoms with Crippen LogP contribution in [0, 0.1) is 12.7 Å². The summed E-state index contributed by atoms with van der Waals surface area (Å²) in [5.41, 5.74) is 0.913. The second kappa shape index (κ2) is 5.18. The van der Waals surface area contributed by atoms with Crippen molar-refractivity contribution in [2.75, 3.05) is 0 Å². The van der Waals surface area contributed by atoms with Gasteiger partial charge >= 0.3 is 0 Å². The third-order valence-electron chi connectivity index (χ3n) is 2.44. The minimum atomic E-state index is -0.239. The standard InChI is InChI=1S/C11H11BrFN3S/c1-7-14-15-11(16(7)2)17-6-8-4-3-5-9(13)10(8)12/h3-5H,6H2,1-2H3. The zero-order valence-corrected chi connectivity index (χ0v) is 11.8. The minimum absolute atomic E-state index is 0.239. The van der Waals surface area contributed by atoms with Crippen molar-refractivity contribution in [3.63, 3.8) is 0 Å². The number of aryl methyl sites for hydroxylation is 1. The molecule has 0 aliphatic rings. The van der Waals surface area contributed by atoms with Crippen molar-refractivity contribution in [1.29, 1.82) is 0 Å². The van der Waals surface area contributed by atoms with Gasteiger partial charge in [0.2, 0.25) is 0 Å². The maximum Gasteiger partial charge on any atom is 0.191 e. The van der Waals surface area contributed by atoms with Gasteiger partial charge in [-0.25, -0.2) is 4.39 Å². The van der Waals surface area contributed by atoms with E-state index in [9.17, 15) is 4.39 Å². The lowest BCUT2D eigenvalue weighted by Crippen LogP contribution is -1.94. The quantitative estimate of drug-likeness (QED) is 0.814. The van der Waals surface area contributed by atoms with Gasteiger partial charge in [0.1, 0.15) is 11.6 Å². The SMILES string of the molecule is Cc1nnc(SCc2cccc(F)c2Br)n1C.